The van der Waals surface area contributed by atoms with E-state index in [1.807, 2.05) is 74.5 Å². The first-order valence-corrected chi connectivity index (χ1v) is 9.28. The molecule has 0 unspecified atom stereocenters. The van der Waals surface area contributed by atoms with Gasteiger partial charge in [0, 0.05) is 10.5 Å². The lowest BCUT2D eigenvalue weighted by Crippen LogP contribution is -2.35. The van der Waals surface area contributed by atoms with Crippen LogP contribution in [-0.2, 0) is 4.79 Å². The normalized spacial score (nSPS) is 18.2. The molecular formula is C19H17BrN2OS. The second-order valence-electron chi connectivity index (χ2n) is 5.66. The summed E-state index contributed by atoms with van der Waals surface area (Å²) in [6.45, 7) is 4.00. The number of para-hydroxylation sites is 1. The minimum Gasteiger partial charge on any atom is -0.284 e. The summed E-state index contributed by atoms with van der Waals surface area (Å²) in [6, 6.07) is 17.7. The van der Waals surface area contributed by atoms with Crippen molar-refractivity contribution < 1.29 is 4.79 Å². The van der Waals surface area contributed by atoms with Crippen LogP contribution >= 0.6 is 27.7 Å². The molecule has 1 aliphatic rings. The summed E-state index contributed by atoms with van der Waals surface area (Å²) in [7, 11) is 0. The van der Waals surface area contributed by atoms with Crippen molar-refractivity contribution in [2.75, 3.05) is 0 Å². The molecule has 0 aliphatic carbocycles. The van der Waals surface area contributed by atoms with E-state index in [4.69, 9.17) is 0 Å². The first kappa shape index (κ1) is 17.0. The molecule has 0 saturated carbocycles. The van der Waals surface area contributed by atoms with Crippen LogP contribution < -0.4 is 0 Å². The maximum atomic E-state index is 12.8. The van der Waals surface area contributed by atoms with E-state index in [1.54, 1.807) is 4.90 Å². The fraction of sp³-hybridized carbons (Fsp3) is 0.158. The maximum absolute atomic E-state index is 12.8. The van der Waals surface area contributed by atoms with Crippen LogP contribution in [0.3, 0.4) is 0 Å². The lowest BCUT2D eigenvalue weighted by molar-refractivity contribution is -0.123. The number of benzene rings is 2. The van der Waals surface area contributed by atoms with Gasteiger partial charge in [0.25, 0.3) is 5.91 Å². The molecule has 1 aliphatic heterocycles. The summed E-state index contributed by atoms with van der Waals surface area (Å²) in [5.74, 6) is 0.00431. The van der Waals surface area contributed by atoms with Crippen molar-refractivity contribution >= 4 is 50.5 Å². The Kier molecular flexibility index (Phi) is 5.21. The van der Waals surface area contributed by atoms with Crippen molar-refractivity contribution in [2.45, 2.75) is 19.9 Å². The molecule has 3 nitrogen and oxygen atoms in total. The van der Waals surface area contributed by atoms with Gasteiger partial charge in [-0.15, -0.1) is 0 Å². The number of aliphatic imine (C=N–C) groups is 1. The van der Waals surface area contributed by atoms with Gasteiger partial charge in [0.1, 0.15) is 0 Å². The number of halogens is 1. The molecule has 2 aromatic carbocycles. The number of thioether (sulfide) groups is 1. The molecule has 0 N–H and O–H groups in total. The fourth-order valence-corrected chi connectivity index (χ4v) is 3.92. The second-order valence-corrected chi connectivity index (χ2v) is 7.59. The van der Waals surface area contributed by atoms with Gasteiger partial charge in [-0.3, -0.25) is 9.69 Å². The molecule has 1 amide bonds. The van der Waals surface area contributed by atoms with E-state index in [-0.39, 0.29) is 11.9 Å². The molecule has 122 valence electrons. The van der Waals surface area contributed by atoms with E-state index >= 15 is 0 Å². The first-order chi connectivity index (χ1) is 11.5. The minimum atomic E-state index is 0.00431. The Labute approximate surface area is 154 Å². The molecule has 0 spiro atoms. The van der Waals surface area contributed by atoms with Crippen molar-refractivity contribution in [3.63, 3.8) is 0 Å². The summed E-state index contributed by atoms with van der Waals surface area (Å²) in [5, 5.41) is 0.724. The highest BCUT2D eigenvalue weighted by Crippen LogP contribution is 2.35. The number of carbonyl (C=O) groups is 1. The predicted octanol–water partition coefficient (Wildman–Crippen LogP) is 5.46. The van der Waals surface area contributed by atoms with Crippen molar-refractivity contribution in [1.29, 1.82) is 0 Å². The molecule has 1 saturated heterocycles. The number of carbonyl (C=O) groups excluding carboxylic acids is 1. The van der Waals surface area contributed by atoms with Gasteiger partial charge in [-0.2, -0.15) is 0 Å². The standard InChI is InChI=1S/C19H17BrN2OS/c1-13(2)22-18(23)17(12-14-7-6-8-15(20)11-14)24-19(22)21-16-9-4-3-5-10-16/h3-13H,1-2H3/b17-12+,21-19?. The van der Waals surface area contributed by atoms with Crippen molar-refractivity contribution in [1.82, 2.24) is 4.90 Å². The van der Waals surface area contributed by atoms with Gasteiger partial charge in [-0.25, -0.2) is 4.99 Å². The smallest absolute Gasteiger partial charge is 0.266 e. The molecule has 5 heteroatoms. The third-order valence-corrected chi connectivity index (χ3v) is 4.96. The van der Waals surface area contributed by atoms with Gasteiger partial charge >= 0.3 is 0 Å². The average molecular weight is 401 g/mol. The second kappa shape index (κ2) is 7.36. The van der Waals surface area contributed by atoms with Crippen LogP contribution in [0, 0.1) is 0 Å². The van der Waals surface area contributed by atoms with Crippen molar-refractivity contribution in [3.05, 3.63) is 69.5 Å². The van der Waals surface area contributed by atoms with Crippen LogP contribution in [0.25, 0.3) is 6.08 Å². The van der Waals surface area contributed by atoms with Gasteiger partial charge in [-0.05, 0) is 61.5 Å². The zero-order valence-corrected chi connectivity index (χ0v) is 15.8. The number of amides is 1. The summed E-state index contributed by atoms with van der Waals surface area (Å²) in [4.78, 5) is 19.9. The van der Waals surface area contributed by atoms with Gasteiger partial charge in [0.15, 0.2) is 5.17 Å². The van der Waals surface area contributed by atoms with Crippen molar-refractivity contribution in [2.24, 2.45) is 4.99 Å². The summed E-state index contributed by atoms with van der Waals surface area (Å²) < 4.78 is 0.992. The highest BCUT2D eigenvalue weighted by molar-refractivity contribution is 9.10. The van der Waals surface area contributed by atoms with Crippen LogP contribution in [0.5, 0.6) is 0 Å². The Hall–Kier alpha value is -1.85. The van der Waals surface area contributed by atoms with E-state index in [9.17, 15) is 4.79 Å². The maximum Gasteiger partial charge on any atom is 0.266 e. The largest absolute Gasteiger partial charge is 0.284 e. The molecule has 3 rings (SSSR count). The highest BCUT2D eigenvalue weighted by Gasteiger charge is 2.35. The van der Waals surface area contributed by atoms with Crippen LogP contribution in [0.15, 0.2) is 69.0 Å². The van der Waals surface area contributed by atoms with E-state index < -0.39 is 0 Å². The molecule has 0 aromatic heterocycles. The SMILES string of the molecule is CC(C)N1C(=O)/C(=C\c2cccc(Br)c2)SC1=Nc1ccccc1. The van der Waals surface area contributed by atoms with Gasteiger partial charge in [0.05, 0.1) is 10.6 Å². The molecule has 2 aromatic rings. The molecule has 1 fully saturated rings. The Morgan fingerprint density at radius 1 is 1.12 bits per heavy atom. The zero-order valence-electron chi connectivity index (χ0n) is 13.4. The van der Waals surface area contributed by atoms with Gasteiger partial charge in [-0.1, -0.05) is 46.3 Å². The number of hydrogen-bond acceptors (Lipinski definition) is 3. The van der Waals surface area contributed by atoms with Gasteiger partial charge in [0.2, 0.25) is 0 Å². The average Bonchev–Trinajstić information content (AvgIpc) is 2.84. The number of hydrogen-bond donors (Lipinski definition) is 0. The molecule has 1 heterocycles. The number of nitrogens with zero attached hydrogens (tertiary/aromatic N) is 2. The Morgan fingerprint density at radius 2 is 1.88 bits per heavy atom. The quantitative estimate of drug-likeness (QED) is 0.640. The Morgan fingerprint density at radius 3 is 2.54 bits per heavy atom. The number of rotatable bonds is 3. The molecule has 0 bridgehead atoms. The third-order valence-electron chi connectivity index (χ3n) is 3.48. The fourth-order valence-electron chi connectivity index (χ4n) is 2.38. The topological polar surface area (TPSA) is 32.7 Å². The zero-order chi connectivity index (χ0) is 17.1. The number of amidine groups is 1. The molecule has 0 radical (unpaired) electrons. The molecular weight excluding hydrogens is 384 g/mol. The van der Waals surface area contributed by atoms with Crippen LogP contribution in [0.4, 0.5) is 5.69 Å². The van der Waals surface area contributed by atoms with Crippen LogP contribution in [0.1, 0.15) is 19.4 Å². The van der Waals surface area contributed by atoms with Crippen LogP contribution in [0.2, 0.25) is 0 Å². The molecule has 24 heavy (non-hydrogen) atoms. The lowest BCUT2D eigenvalue weighted by Gasteiger charge is -2.19. The Bertz CT molecular complexity index is 815. The van der Waals surface area contributed by atoms with Gasteiger partial charge < -0.3 is 0 Å². The highest BCUT2D eigenvalue weighted by atomic mass is 79.9. The van der Waals surface area contributed by atoms with E-state index in [2.05, 4.69) is 20.9 Å². The lowest BCUT2D eigenvalue weighted by atomic mass is 10.2. The molecule has 0 atom stereocenters. The van der Waals surface area contributed by atoms with E-state index in [0.717, 1.165) is 20.9 Å². The van der Waals surface area contributed by atoms with E-state index in [1.165, 1.54) is 11.8 Å². The third kappa shape index (κ3) is 3.79. The van der Waals surface area contributed by atoms with E-state index in [0.29, 0.717) is 4.91 Å². The monoisotopic (exact) mass is 400 g/mol. The predicted molar refractivity (Wildman–Crippen MR) is 105 cm³/mol. The summed E-state index contributed by atoms with van der Waals surface area (Å²) in [5.41, 5.74) is 1.84. The van der Waals surface area contributed by atoms with Crippen molar-refractivity contribution in [3.8, 4) is 0 Å². The van der Waals surface area contributed by atoms with Crippen LogP contribution in [-0.4, -0.2) is 22.0 Å². The summed E-state index contributed by atoms with van der Waals surface area (Å²) >= 11 is 4.89. The Balaban J connectivity index is 1.97. The minimum absolute atomic E-state index is 0.00431. The first-order valence-electron chi connectivity index (χ1n) is 7.67. The summed E-state index contributed by atoms with van der Waals surface area (Å²) in [6.07, 6.45) is 1.92.